The number of likely N-dealkylation sites (tertiary alicyclic amines) is 1. The fraction of sp³-hybridized carbons (Fsp3) is 0.474. The first-order valence-corrected chi connectivity index (χ1v) is 8.92. The molecule has 0 atom stereocenters. The van der Waals surface area contributed by atoms with Gasteiger partial charge in [0.1, 0.15) is 12.1 Å². The van der Waals surface area contributed by atoms with Gasteiger partial charge in [0, 0.05) is 32.0 Å². The fourth-order valence-corrected chi connectivity index (χ4v) is 3.54. The molecule has 27 heavy (non-hydrogen) atoms. The summed E-state index contributed by atoms with van der Waals surface area (Å²) in [5.74, 6) is -0.626. The van der Waals surface area contributed by atoms with Gasteiger partial charge in [-0.1, -0.05) is 24.3 Å². The maximum atomic E-state index is 12.7. The summed E-state index contributed by atoms with van der Waals surface area (Å²) in [6.45, 7) is 2.69. The third kappa shape index (κ3) is 4.50. The van der Waals surface area contributed by atoms with Gasteiger partial charge in [-0.05, 0) is 37.0 Å². The van der Waals surface area contributed by atoms with Gasteiger partial charge in [0.15, 0.2) is 0 Å². The molecule has 1 saturated heterocycles. The summed E-state index contributed by atoms with van der Waals surface area (Å²) in [4.78, 5) is 14.9. The molecule has 1 aliphatic heterocycles. The molecule has 1 aromatic carbocycles. The van der Waals surface area contributed by atoms with Crippen LogP contribution in [0.5, 0.6) is 0 Å². The molecule has 0 saturated carbocycles. The average molecular weight is 380 g/mol. The number of hydrogen-bond acceptors (Lipinski definition) is 3. The Bertz CT molecular complexity index is 766. The first-order chi connectivity index (χ1) is 12.8. The van der Waals surface area contributed by atoms with Crippen molar-refractivity contribution < 1.29 is 18.0 Å². The zero-order valence-electron chi connectivity index (χ0n) is 15.2. The van der Waals surface area contributed by atoms with Crippen LogP contribution in [0.25, 0.3) is 0 Å². The number of aromatic nitrogens is 2. The number of hydrogen-bond donors (Lipinski definition) is 1. The Morgan fingerprint density at radius 1 is 1.22 bits per heavy atom. The van der Waals surface area contributed by atoms with E-state index >= 15 is 0 Å². The number of alkyl halides is 3. The first-order valence-electron chi connectivity index (χ1n) is 8.92. The van der Waals surface area contributed by atoms with Crippen LogP contribution in [0.2, 0.25) is 0 Å². The highest BCUT2D eigenvalue weighted by atomic mass is 19.4. The maximum Gasteiger partial charge on any atom is 0.405 e. The second-order valence-corrected chi connectivity index (χ2v) is 6.98. The number of benzene rings is 1. The van der Waals surface area contributed by atoms with E-state index in [1.165, 1.54) is 15.8 Å². The van der Waals surface area contributed by atoms with E-state index in [1.807, 2.05) is 12.1 Å². The van der Waals surface area contributed by atoms with E-state index in [0.717, 1.165) is 6.54 Å². The van der Waals surface area contributed by atoms with Gasteiger partial charge in [0.2, 0.25) is 5.91 Å². The molecule has 0 spiro atoms. The third-order valence-corrected chi connectivity index (χ3v) is 5.15. The van der Waals surface area contributed by atoms with Crippen molar-refractivity contribution in [1.82, 2.24) is 20.0 Å². The minimum atomic E-state index is -4.44. The lowest BCUT2D eigenvalue weighted by molar-refractivity contribution is -0.146. The lowest BCUT2D eigenvalue weighted by Gasteiger charge is -2.41. The van der Waals surface area contributed by atoms with Gasteiger partial charge >= 0.3 is 6.18 Å². The predicted molar refractivity (Wildman–Crippen MR) is 95.0 cm³/mol. The molecule has 1 fully saturated rings. The number of rotatable bonds is 5. The number of piperidine rings is 1. The topological polar surface area (TPSA) is 50.2 Å². The van der Waals surface area contributed by atoms with E-state index in [-0.39, 0.29) is 0 Å². The van der Waals surface area contributed by atoms with Crippen LogP contribution in [0.4, 0.5) is 13.2 Å². The van der Waals surface area contributed by atoms with E-state index in [1.54, 1.807) is 18.5 Å². The fourth-order valence-electron chi connectivity index (χ4n) is 3.54. The summed E-state index contributed by atoms with van der Waals surface area (Å²) in [5, 5.41) is 6.21. The molecule has 1 aromatic heterocycles. The number of aryl methyl sites for hydroxylation is 1. The van der Waals surface area contributed by atoms with Crippen LogP contribution < -0.4 is 5.32 Å². The van der Waals surface area contributed by atoms with E-state index in [0.29, 0.717) is 25.9 Å². The van der Waals surface area contributed by atoms with E-state index in [9.17, 15) is 18.0 Å². The largest absolute Gasteiger partial charge is 0.405 e. The minimum absolute atomic E-state index is 0.407. The molecular weight excluding hydrogens is 357 g/mol. The van der Waals surface area contributed by atoms with Crippen LogP contribution in [-0.2, 0) is 16.9 Å². The third-order valence-electron chi connectivity index (χ3n) is 5.15. The van der Waals surface area contributed by atoms with Gasteiger partial charge in [-0.2, -0.15) is 18.3 Å². The normalized spacial score (nSPS) is 17.6. The van der Waals surface area contributed by atoms with Gasteiger partial charge in [0.25, 0.3) is 0 Å². The molecule has 0 radical (unpaired) electrons. The Morgan fingerprint density at radius 3 is 2.52 bits per heavy atom. The summed E-state index contributed by atoms with van der Waals surface area (Å²) in [6.07, 6.45) is -0.441. The zero-order valence-corrected chi connectivity index (χ0v) is 15.2. The van der Waals surface area contributed by atoms with Crippen LogP contribution >= 0.6 is 0 Å². The SMILES string of the molecule is Cc1ccccc1CN1CCC(C(=O)NCC(F)(F)F)(n2cccn2)CC1. The van der Waals surface area contributed by atoms with Crippen molar-refractivity contribution in [3.8, 4) is 0 Å². The molecule has 2 aromatic rings. The molecule has 5 nitrogen and oxygen atoms in total. The molecule has 1 aliphatic rings. The van der Waals surface area contributed by atoms with E-state index in [2.05, 4.69) is 34.4 Å². The molecule has 146 valence electrons. The number of carbonyl (C=O) groups is 1. The van der Waals surface area contributed by atoms with Crippen LogP contribution in [0, 0.1) is 6.92 Å². The molecule has 0 bridgehead atoms. The van der Waals surface area contributed by atoms with Crippen LogP contribution in [0.3, 0.4) is 0 Å². The van der Waals surface area contributed by atoms with Crippen molar-refractivity contribution in [2.45, 2.75) is 38.0 Å². The second-order valence-electron chi connectivity index (χ2n) is 6.98. The molecule has 0 aliphatic carbocycles. The van der Waals surface area contributed by atoms with Gasteiger partial charge in [-0.3, -0.25) is 14.4 Å². The van der Waals surface area contributed by atoms with Crippen molar-refractivity contribution in [1.29, 1.82) is 0 Å². The number of amides is 1. The predicted octanol–water partition coefficient (Wildman–Crippen LogP) is 2.86. The van der Waals surface area contributed by atoms with Crippen molar-refractivity contribution in [3.63, 3.8) is 0 Å². The molecule has 1 N–H and O–H groups in total. The number of carbonyl (C=O) groups excluding carboxylic acids is 1. The molecule has 0 unspecified atom stereocenters. The standard InChI is InChI=1S/C19H23F3N4O/c1-15-5-2-3-6-16(15)13-25-11-7-18(8-12-25,26-10-4-9-24-26)17(27)23-14-19(20,21)22/h2-6,9-10H,7-8,11-14H2,1H3,(H,23,27). The summed E-state index contributed by atoms with van der Waals surface area (Å²) >= 11 is 0. The van der Waals surface area contributed by atoms with Gasteiger partial charge in [-0.15, -0.1) is 0 Å². The maximum absolute atomic E-state index is 12.7. The van der Waals surface area contributed by atoms with Crippen LogP contribution in [0.15, 0.2) is 42.7 Å². The number of halogens is 3. The first kappa shape index (κ1) is 19.4. The highest BCUT2D eigenvalue weighted by Crippen LogP contribution is 2.31. The van der Waals surface area contributed by atoms with Gasteiger partial charge in [-0.25, -0.2) is 0 Å². The Labute approximate surface area is 156 Å². The van der Waals surface area contributed by atoms with Crippen molar-refractivity contribution in [2.75, 3.05) is 19.6 Å². The average Bonchev–Trinajstić information content (AvgIpc) is 3.17. The van der Waals surface area contributed by atoms with Crippen molar-refractivity contribution >= 4 is 5.91 Å². The lowest BCUT2D eigenvalue weighted by atomic mass is 9.86. The summed E-state index contributed by atoms with van der Waals surface area (Å²) < 4.78 is 39.1. The van der Waals surface area contributed by atoms with Crippen LogP contribution in [-0.4, -0.2) is 46.4 Å². The van der Waals surface area contributed by atoms with E-state index < -0.39 is 24.2 Å². The Morgan fingerprint density at radius 2 is 1.93 bits per heavy atom. The Hall–Kier alpha value is -2.35. The highest BCUT2D eigenvalue weighted by molar-refractivity contribution is 5.84. The summed E-state index contributed by atoms with van der Waals surface area (Å²) in [7, 11) is 0. The zero-order chi connectivity index (χ0) is 19.5. The lowest BCUT2D eigenvalue weighted by Crippen LogP contribution is -2.56. The quantitative estimate of drug-likeness (QED) is 0.868. The smallest absolute Gasteiger partial charge is 0.345 e. The summed E-state index contributed by atoms with van der Waals surface area (Å²) in [6, 6.07) is 9.78. The molecular formula is C19H23F3N4O. The molecule has 1 amide bonds. The highest BCUT2D eigenvalue weighted by Gasteiger charge is 2.44. The Balaban J connectivity index is 1.71. The summed E-state index contributed by atoms with van der Waals surface area (Å²) in [5.41, 5.74) is 1.33. The number of nitrogens with one attached hydrogen (secondary N) is 1. The minimum Gasteiger partial charge on any atom is -0.345 e. The van der Waals surface area contributed by atoms with Gasteiger partial charge < -0.3 is 5.32 Å². The number of nitrogens with zero attached hydrogens (tertiary/aromatic N) is 3. The van der Waals surface area contributed by atoms with E-state index in [4.69, 9.17) is 0 Å². The Kier molecular flexibility index (Phi) is 5.55. The van der Waals surface area contributed by atoms with Crippen molar-refractivity contribution in [2.24, 2.45) is 0 Å². The monoisotopic (exact) mass is 380 g/mol. The van der Waals surface area contributed by atoms with Crippen LogP contribution in [0.1, 0.15) is 24.0 Å². The molecule has 2 heterocycles. The second kappa shape index (κ2) is 7.72. The molecule has 3 rings (SSSR count). The molecule has 8 heteroatoms. The van der Waals surface area contributed by atoms with Crippen molar-refractivity contribution in [3.05, 3.63) is 53.9 Å². The van der Waals surface area contributed by atoms with Gasteiger partial charge in [0.05, 0.1) is 0 Å².